The van der Waals surface area contributed by atoms with Gasteiger partial charge < -0.3 is 9.47 Å². The van der Waals surface area contributed by atoms with E-state index < -0.39 is 0 Å². The van der Waals surface area contributed by atoms with E-state index in [0.717, 1.165) is 58.5 Å². The quantitative estimate of drug-likeness (QED) is 0.380. The second-order valence-electron chi connectivity index (χ2n) is 8.66. The van der Waals surface area contributed by atoms with Gasteiger partial charge in [0.1, 0.15) is 6.54 Å². The second kappa shape index (κ2) is 9.43. The highest BCUT2D eigenvalue weighted by Crippen LogP contribution is 2.37. The van der Waals surface area contributed by atoms with Gasteiger partial charge in [0.25, 0.3) is 11.1 Å². The number of aromatic nitrogens is 1. The molecule has 2 aromatic carbocycles. The summed E-state index contributed by atoms with van der Waals surface area (Å²) in [6.07, 6.45) is 6.90. The van der Waals surface area contributed by atoms with Gasteiger partial charge in [-0.2, -0.15) is 0 Å². The molecular weight excluding hydrogens is 514 g/mol. The zero-order chi connectivity index (χ0) is 23.8. The normalized spacial score (nSPS) is 20.1. The Morgan fingerprint density at radius 3 is 2.71 bits per heavy atom. The van der Waals surface area contributed by atoms with Crippen LogP contribution in [0.2, 0.25) is 0 Å². The van der Waals surface area contributed by atoms with Crippen molar-refractivity contribution >= 4 is 67.4 Å². The van der Waals surface area contributed by atoms with Crippen LogP contribution in [0.4, 0.5) is 10.5 Å². The van der Waals surface area contributed by atoms with Gasteiger partial charge in [0, 0.05) is 39.7 Å². The van der Waals surface area contributed by atoms with Crippen LogP contribution in [0, 0.1) is 0 Å². The third-order valence-electron chi connectivity index (χ3n) is 6.40. The maximum absolute atomic E-state index is 13.1. The van der Waals surface area contributed by atoms with E-state index in [-0.39, 0.29) is 29.6 Å². The van der Waals surface area contributed by atoms with Gasteiger partial charge in [0.2, 0.25) is 5.91 Å². The monoisotopic (exact) mass is 537 g/mol. The molecule has 0 saturated carbocycles. The average Bonchev–Trinajstić information content (AvgIpc) is 3.30. The molecule has 3 aromatic rings. The Balaban J connectivity index is 1.49. The van der Waals surface area contributed by atoms with Crippen LogP contribution in [0.1, 0.15) is 31.7 Å². The van der Waals surface area contributed by atoms with Gasteiger partial charge in [-0.05, 0) is 74.4 Å². The van der Waals surface area contributed by atoms with Crippen molar-refractivity contribution in [2.75, 3.05) is 11.4 Å². The molecular formula is C26H24BrN3O3S. The molecule has 1 atom stereocenters. The molecule has 0 radical (unpaired) electrons. The Labute approximate surface area is 210 Å². The summed E-state index contributed by atoms with van der Waals surface area (Å²) < 4.78 is 2.85. The highest BCUT2D eigenvalue weighted by Gasteiger charge is 2.36. The smallest absolute Gasteiger partial charge is 0.298 e. The number of amides is 3. The third kappa shape index (κ3) is 4.32. The number of benzene rings is 2. The zero-order valence-electron chi connectivity index (χ0n) is 18.7. The number of para-hydroxylation sites is 1. The van der Waals surface area contributed by atoms with Crippen molar-refractivity contribution in [2.24, 2.45) is 0 Å². The minimum absolute atomic E-state index is 0.1000. The van der Waals surface area contributed by atoms with Crippen LogP contribution < -0.4 is 4.90 Å². The van der Waals surface area contributed by atoms with E-state index in [9.17, 15) is 14.4 Å². The molecule has 0 bridgehead atoms. The summed E-state index contributed by atoms with van der Waals surface area (Å²) >= 11 is 4.46. The molecule has 5 rings (SSSR count). The Morgan fingerprint density at radius 2 is 1.94 bits per heavy atom. The minimum Gasteiger partial charge on any atom is -0.338 e. The van der Waals surface area contributed by atoms with E-state index in [1.54, 1.807) is 30.3 Å². The lowest BCUT2D eigenvalue weighted by atomic mass is 10.0. The number of carbonyl (C=O) groups excluding carboxylic acids is 3. The molecule has 1 aromatic heterocycles. The van der Waals surface area contributed by atoms with Crippen LogP contribution in [-0.2, 0) is 16.1 Å². The number of halogens is 1. The average molecular weight is 538 g/mol. The van der Waals surface area contributed by atoms with Crippen LogP contribution in [-0.4, -0.2) is 39.1 Å². The van der Waals surface area contributed by atoms with Gasteiger partial charge >= 0.3 is 0 Å². The van der Waals surface area contributed by atoms with E-state index in [2.05, 4.69) is 22.9 Å². The minimum atomic E-state index is -0.338. The summed E-state index contributed by atoms with van der Waals surface area (Å²) in [7, 11) is 0. The summed E-state index contributed by atoms with van der Waals surface area (Å²) in [5, 5.41) is 0.599. The molecule has 2 aliphatic heterocycles. The van der Waals surface area contributed by atoms with Crippen molar-refractivity contribution in [3.05, 3.63) is 69.7 Å². The molecule has 8 heteroatoms. The topological polar surface area (TPSA) is 62.6 Å². The lowest BCUT2D eigenvalue weighted by Gasteiger charge is -2.33. The predicted molar refractivity (Wildman–Crippen MR) is 140 cm³/mol. The predicted octanol–water partition coefficient (Wildman–Crippen LogP) is 6.05. The van der Waals surface area contributed by atoms with Crippen LogP contribution in [0.3, 0.4) is 0 Å². The number of hydrogen-bond acceptors (Lipinski definition) is 4. The first-order valence-electron chi connectivity index (χ1n) is 11.3. The van der Waals surface area contributed by atoms with Crippen molar-refractivity contribution in [3.8, 4) is 0 Å². The molecule has 2 aliphatic rings. The van der Waals surface area contributed by atoms with Gasteiger partial charge in [0.15, 0.2) is 0 Å². The number of likely N-dealkylation sites (tertiary alicyclic amines) is 1. The largest absolute Gasteiger partial charge is 0.338 e. The summed E-state index contributed by atoms with van der Waals surface area (Å²) in [5.41, 5.74) is 2.27. The highest BCUT2D eigenvalue weighted by molar-refractivity contribution is 9.10. The lowest BCUT2D eigenvalue weighted by Crippen LogP contribution is -2.43. The van der Waals surface area contributed by atoms with Crippen LogP contribution >= 0.6 is 27.7 Å². The summed E-state index contributed by atoms with van der Waals surface area (Å²) in [5.74, 6) is -0.238. The van der Waals surface area contributed by atoms with E-state index in [0.29, 0.717) is 10.6 Å². The van der Waals surface area contributed by atoms with Crippen molar-refractivity contribution in [3.63, 3.8) is 0 Å². The number of anilines is 1. The van der Waals surface area contributed by atoms with Crippen molar-refractivity contribution in [2.45, 2.75) is 38.8 Å². The van der Waals surface area contributed by atoms with Crippen molar-refractivity contribution in [1.29, 1.82) is 0 Å². The number of nitrogens with zero attached hydrogens (tertiary/aromatic N) is 3. The number of carbonyl (C=O) groups is 3. The molecule has 6 nitrogen and oxygen atoms in total. The van der Waals surface area contributed by atoms with E-state index in [1.807, 2.05) is 39.9 Å². The number of piperidine rings is 1. The maximum atomic E-state index is 13.1. The third-order valence-corrected chi connectivity index (χ3v) is 7.76. The molecule has 3 heterocycles. The van der Waals surface area contributed by atoms with Crippen LogP contribution in [0.25, 0.3) is 17.0 Å². The molecule has 0 N–H and O–H groups in total. The summed E-state index contributed by atoms with van der Waals surface area (Å²) in [6, 6.07) is 15.1. The standard InChI is InChI=1S/C26H24BrN3O3S/c1-17-7-5-6-12-29(17)24(31)16-28-15-18(21-14-19(27)10-11-22(21)28)13-23-25(32)30(26(33)34-23)20-8-3-2-4-9-20/h2-4,8-11,13-15,17H,5-7,12,16H2,1H3/b23-13-/t17-/m1/s1. The molecule has 3 amide bonds. The summed E-state index contributed by atoms with van der Waals surface area (Å²) in [6.45, 7) is 3.14. The lowest BCUT2D eigenvalue weighted by molar-refractivity contribution is -0.135. The van der Waals surface area contributed by atoms with Crippen LogP contribution in [0.15, 0.2) is 64.1 Å². The first-order valence-corrected chi connectivity index (χ1v) is 12.9. The fraction of sp³-hybridized carbons (Fsp3) is 0.269. The van der Waals surface area contributed by atoms with E-state index in [4.69, 9.17) is 0 Å². The number of fused-ring (bicyclic) bond motifs is 1. The van der Waals surface area contributed by atoms with Gasteiger partial charge in [-0.25, -0.2) is 4.90 Å². The number of hydrogen-bond donors (Lipinski definition) is 0. The first-order chi connectivity index (χ1) is 16.4. The molecule has 2 fully saturated rings. The highest BCUT2D eigenvalue weighted by atomic mass is 79.9. The van der Waals surface area contributed by atoms with Crippen LogP contribution in [0.5, 0.6) is 0 Å². The fourth-order valence-corrected chi connectivity index (χ4v) is 5.85. The molecule has 2 saturated heterocycles. The number of thioether (sulfide) groups is 1. The van der Waals surface area contributed by atoms with Crippen molar-refractivity contribution < 1.29 is 14.4 Å². The van der Waals surface area contributed by atoms with Gasteiger partial charge in [-0.3, -0.25) is 14.4 Å². The van der Waals surface area contributed by atoms with Gasteiger partial charge in [0.05, 0.1) is 10.6 Å². The second-order valence-corrected chi connectivity index (χ2v) is 10.6. The Kier molecular flexibility index (Phi) is 6.36. The molecule has 0 unspecified atom stereocenters. The first kappa shape index (κ1) is 22.9. The Bertz CT molecular complexity index is 1320. The van der Waals surface area contributed by atoms with E-state index >= 15 is 0 Å². The SMILES string of the molecule is C[C@@H]1CCCCN1C(=O)Cn1cc(/C=C2\SC(=O)N(c3ccccc3)C2=O)c2cc(Br)ccc21. The molecule has 34 heavy (non-hydrogen) atoms. The zero-order valence-corrected chi connectivity index (χ0v) is 21.1. The Hall–Kier alpha value is -2.84. The number of rotatable bonds is 4. The van der Waals surface area contributed by atoms with E-state index in [1.165, 1.54) is 4.90 Å². The maximum Gasteiger partial charge on any atom is 0.298 e. The van der Waals surface area contributed by atoms with Gasteiger partial charge in [-0.15, -0.1) is 0 Å². The molecule has 174 valence electrons. The van der Waals surface area contributed by atoms with Gasteiger partial charge in [-0.1, -0.05) is 34.1 Å². The number of imide groups is 1. The fourth-order valence-electron chi connectivity index (χ4n) is 4.66. The Morgan fingerprint density at radius 1 is 1.15 bits per heavy atom. The van der Waals surface area contributed by atoms with Crippen molar-refractivity contribution in [1.82, 2.24) is 9.47 Å². The summed E-state index contributed by atoms with van der Waals surface area (Å²) in [4.78, 5) is 42.4. The molecule has 0 aliphatic carbocycles. The molecule has 0 spiro atoms.